The second-order valence-corrected chi connectivity index (χ2v) is 4.31. The first-order valence-electron chi connectivity index (χ1n) is 5.94. The molecule has 96 valence electrons. The maximum Gasteiger partial charge on any atom is 0.148 e. The zero-order valence-electron chi connectivity index (χ0n) is 10.2. The molecule has 2 aromatic carbocycles. The Morgan fingerprint density at radius 2 is 2.16 bits per heavy atom. The van der Waals surface area contributed by atoms with Gasteiger partial charge in [-0.15, -0.1) is 0 Å². The Balaban J connectivity index is 1.80. The van der Waals surface area contributed by atoms with E-state index in [1.54, 1.807) is 18.5 Å². The summed E-state index contributed by atoms with van der Waals surface area (Å²) in [5, 5.41) is 3.13. The Bertz CT molecular complexity index is 720. The largest absolute Gasteiger partial charge is 0.395 e. The predicted octanol–water partition coefficient (Wildman–Crippen LogP) is 2.90. The highest BCUT2D eigenvalue weighted by Crippen LogP contribution is 2.22. The molecule has 0 unspecified atom stereocenters. The maximum absolute atomic E-state index is 13.3. The van der Waals surface area contributed by atoms with Crippen LogP contribution in [0, 0.1) is 5.82 Å². The van der Waals surface area contributed by atoms with Crippen molar-refractivity contribution in [3.8, 4) is 0 Å². The summed E-state index contributed by atoms with van der Waals surface area (Å²) in [6, 6.07) is 10.7. The second-order valence-electron chi connectivity index (χ2n) is 4.31. The number of anilines is 2. The Morgan fingerprint density at radius 1 is 1.26 bits per heavy atom. The van der Waals surface area contributed by atoms with Gasteiger partial charge in [-0.3, -0.25) is 0 Å². The number of aromatic amines is 1. The van der Waals surface area contributed by atoms with Gasteiger partial charge in [0.15, 0.2) is 0 Å². The predicted molar refractivity (Wildman–Crippen MR) is 74.2 cm³/mol. The lowest BCUT2D eigenvalue weighted by Crippen LogP contribution is -2.03. The molecule has 0 spiro atoms. The lowest BCUT2D eigenvalue weighted by Gasteiger charge is -2.09. The first kappa shape index (κ1) is 11.5. The summed E-state index contributed by atoms with van der Waals surface area (Å²) in [6.45, 7) is 0.572. The minimum Gasteiger partial charge on any atom is -0.395 e. The molecule has 1 aromatic heterocycles. The summed E-state index contributed by atoms with van der Waals surface area (Å²) >= 11 is 0. The van der Waals surface area contributed by atoms with E-state index >= 15 is 0 Å². The van der Waals surface area contributed by atoms with Gasteiger partial charge in [-0.05, 0) is 29.8 Å². The molecule has 0 bridgehead atoms. The number of benzene rings is 2. The number of nitrogens with zero attached hydrogens (tertiary/aromatic N) is 1. The molecular formula is C14H13FN4. The summed E-state index contributed by atoms with van der Waals surface area (Å²) < 4.78 is 13.3. The second kappa shape index (κ2) is 4.61. The number of aromatic nitrogens is 2. The number of para-hydroxylation sites is 1. The van der Waals surface area contributed by atoms with Crippen LogP contribution in [0.4, 0.5) is 15.8 Å². The number of imidazole rings is 1. The molecule has 0 aliphatic heterocycles. The van der Waals surface area contributed by atoms with E-state index in [4.69, 9.17) is 5.73 Å². The third-order valence-corrected chi connectivity index (χ3v) is 3.02. The van der Waals surface area contributed by atoms with Crippen LogP contribution in [0.25, 0.3) is 11.0 Å². The molecule has 0 amide bonds. The number of rotatable bonds is 3. The molecule has 1 heterocycles. The van der Waals surface area contributed by atoms with Crippen molar-refractivity contribution < 1.29 is 4.39 Å². The molecule has 0 radical (unpaired) electrons. The van der Waals surface area contributed by atoms with Gasteiger partial charge in [0.05, 0.1) is 28.7 Å². The van der Waals surface area contributed by atoms with Crippen LogP contribution in [0.3, 0.4) is 0 Å². The molecule has 0 fully saturated rings. The highest BCUT2D eigenvalue weighted by molar-refractivity contribution is 5.75. The molecule has 5 heteroatoms. The average molecular weight is 256 g/mol. The molecule has 3 rings (SSSR count). The Morgan fingerprint density at radius 3 is 3.05 bits per heavy atom. The van der Waals surface area contributed by atoms with Crippen LogP contribution in [-0.2, 0) is 6.54 Å². The van der Waals surface area contributed by atoms with E-state index in [-0.39, 0.29) is 5.69 Å². The first-order chi connectivity index (χ1) is 9.24. The Labute approximate surface area is 109 Å². The van der Waals surface area contributed by atoms with Crippen molar-refractivity contribution in [3.63, 3.8) is 0 Å². The number of nitrogens with one attached hydrogen (secondary N) is 2. The molecule has 0 aliphatic carbocycles. The number of H-pyrrole nitrogens is 1. The number of hydrogen-bond donors (Lipinski definition) is 3. The summed E-state index contributed by atoms with van der Waals surface area (Å²) in [5.41, 5.74) is 9.39. The van der Waals surface area contributed by atoms with Crippen molar-refractivity contribution in [1.29, 1.82) is 0 Å². The molecule has 0 saturated heterocycles. The monoisotopic (exact) mass is 256 g/mol. The van der Waals surface area contributed by atoms with Gasteiger partial charge in [0, 0.05) is 6.54 Å². The Hall–Kier alpha value is -2.56. The van der Waals surface area contributed by atoms with Gasteiger partial charge in [-0.2, -0.15) is 0 Å². The molecule has 3 aromatic rings. The summed E-state index contributed by atoms with van der Waals surface area (Å²) in [7, 11) is 0. The van der Waals surface area contributed by atoms with Gasteiger partial charge >= 0.3 is 0 Å². The first-order valence-corrected chi connectivity index (χ1v) is 5.94. The maximum atomic E-state index is 13.3. The van der Waals surface area contributed by atoms with Crippen LogP contribution in [-0.4, -0.2) is 9.97 Å². The minimum absolute atomic E-state index is 0.144. The van der Waals surface area contributed by atoms with E-state index in [0.717, 1.165) is 16.6 Å². The van der Waals surface area contributed by atoms with Crippen molar-refractivity contribution in [2.75, 3.05) is 11.1 Å². The number of nitrogen functional groups attached to an aromatic ring is 1. The third-order valence-electron chi connectivity index (χ3n) is 3.02. The van der Waals surface area contributed by atoms with E-state index in [9.17, 15) is 4.39 Å². The average Bonchev–Trinajstić information content (AvgIpc) is 2.88. The van der Waals surface area contributed by atoms with Crippen LogP contribution < -0.4 is 11.1 Å². The third kappa shape index (κ3) is 2.22. The molecule has 19 heavy (non-hydrogen) atoms. The lowest BCUT2D eigenvalue weighted by atomic mass is 10.2. The van der Waals surface area contributed by atoms with Crippen molar-refractivity contribution in [2.24, 2.45) is 0 Å². The van der Waals surface area contributed by atoms with Crippen LogP contribution in [0.15, 0.2) is 42.7 Å². The van der Waals surface area contributed by atoms with Gasteiger partial charge in [0.2, 0.25) is 0 Å². The van der Waals surface area contributed by atoms with E-state index in [2.05, 4.69) is 15.3 Å². The summed E-state index contributed by atoms with van der Waals surface area (Å²) in [6.07, 6.45) is 1.66. The van der Waals surface area contributed by atoms with Crippen LogP contribution in [0.2, 0.25) is 0 Å². The van der Waals surface area contributed by atoms with Crippen LogP contribution in [0.5, 0.6) is 0 Å². The standard InChI is InChI=1S/C14H13FN4/c15-10-2-1-3-12(14(10)16)17-7-9-4-5-11-13(6-9)19-8-18-11/h1-6,8,17H,7,16H2,(H,18,19). The van der Waals surface area contributed by atoms with Gasteiger partial charge in [0.1, 0.15) is 5.82 Å². The molecule has 0 aliphatic rings. The molecule has 4 nitrogen and oxygen atoms in total. The van der Waals surface area contributed by atoms with Crippen LogP contribution in [0.1, 0.15) is 5.56 Å². The minimum atomic E-state index is -0.408. The van der Waals surface area contributed by atoms with E-state index in [0.29, 0.717) is 12.2 Å². The van der Waals surface area contributed by atoms with Gasteiger partial charge < -0.3 is 16.0 Å². The fourth-order valence-electron chi connectivity index (χ4n) is 1.98. The molecule has 4 N–H and O–H groups in total. The van der Waals surface area contributed by atoms with Gasteiger partial charge in [-0.25, -0.2) is 9.37 Å². The van der Waals surface area contributed by atoms with Gasteiger partial charge in [-0.1, -0.05) is 12.1 Å². The number of halogens is 1. The van der Waals surface area contributed by atoms with Gasteiger partial charge in [0.25, 0.3) is 0 Å². The van der Waals surface area contributed by atoms with E-state index < -0.39 is 5.82 Å². The topological polar surface area (TPSA) is 66.7 Å². The van der Waals surface area contributed by atoms with Crippen molar-refractivity contribution in [2.45, 2.75) is 6.54 Å². The fourth-order valence-corrected chi connectivity index (χ4v) is 1.98. The fraction of sp³-hybridized carbons (Fsp3) is 0.0714. The molecule has 0 atom stereocenters. The quantitative estimate of drug-likeness (QED) is 0.631. The van der Waals surface area contributed by atoms with Crippen molar-refractivity contribution in [3.05, 3.63) is 54.1 Å². The zero-order chi connectivity index (χ0) is 13.2. The smallest absolute Gasteiger partial charge is 0.148 e. The van der Waals surface area contributed by atoms with Crippen LogP contribution >= 0.6 is 0 Å². The van der Waals surface area contributed by atoms with E-state index in [1.165, 1.54) is 6.07 Å². The highest BCUT2D eigenvalue weighted by Gasteiger charge is 2.04. The normalized spacial score (nSPS) is 10.8. The highest BCUT2D eigenvalue weighted by atomic mass is 19.1. The van der Waals surface area contributed by atoms with Crippen molar-refractivity contribution in [1.82, 2.24) is 9.97 Å². The van der Waals surface area contributed by atoms with Crippen molar-refractivity contribution >= 4 is 22.4 Å². The SMILES string of the molecule is Nc1c(F)cccc1NCc1ccc2nc[nH]c2c1. The Kier molecular flexibility index (Phi) is 2.79. The number of nitrogens with two attached hydrogens (primary N) is 1. The number of hydrogen-bond acceptors (Lipinski definition) is 3. The molecular weight excluding hydrogens is 243 g/mol. The van der Waals surface area contributed by atoms with E-state index in [1.807, 2.05) is 18.2 Å². The zero-order valence-corrected chi connectivity index (χ0v) is 10.2. The summed E-state index contributed by atoms with van der Waals surface area (Å²) in [5.74, 6) is -0.408. The number of fused-ring (bicyclic) bond motifs is 1. The lowest BCUT2D eigenvalue weighted by molar-refractivity contribution is 0.633. The summed E-state index contributed by atoms with van der Waals surface area (Å²) in [4.78, 5) is 7.21. The molecule has 0 saturated carbocycles.